The molecule has 42 heavy (non-hydrogen) atoms. The van der Waals surface area contributed by atoms with Crippen molar-refractivity contribution >= 4 is 11.8 Å². The van der Waals surface area contributed by atoms with Gasteiger partial charge in [0.05, 0.1) is 11.5 Å². The molecule has 2 unspecified atom stereocenters. The summed E-state index contributed by atoms with van der Waals surface area (Å²) in [6.45, 7) is 6.99. The minimum atomic E-state index is -0.795. The summed E-state index contributed by atoms with van der Waals surface area (Å²) in [5.41, 5.74) is 4.82. The number of nitrogens with one attached hydrogen (secondary N) is 3. The number of nitriles is 1. The number of H-pyrrole nitrogens is 1. The van der Waals surface area contributed by atoms with Gasteiger partial charge >= 0.3 is 0 Å². The van der Waals surface area contributed by atoms with Gasteiger partial charge in [0.15, 0.2) is 5.82 Å². The lowest BCUT2D eigenvalue weighted by molar-refractivity contribution is 0.0827. The number of fused-ring (bicyclic) bond motifs is 4. The van der Waals surface area contributed by atoms with E-state index < -0.39 is 5.41 Å². The predicted octanol–water partition coefficient (Wildman–Crippen LogP) is 2.44. The van der Waals surface area contributed by atoms with E-state index in [2.05, 4.69) is 55.7 Å². The highest BCUT2D eigenvalue weighted by Gasteiger charge is 2.53. The van der Waals surface area contributed by atoms with Crippen LogP contribution < -0.4 is 10.6 Å². The first kappa shape index (κ1) is 27.6. The van der Waals surface area contributed by atoms with Crippen molar-refractivity contribution in [2.75, 3.05) is 27.7 Å². The number of benzene rings is 2. The molecule has 3 aromatic rings. The Kier molecular flexibility index (Phi) is 6.81. The van der Waals surface area contributed by atoms with Crippen LogP contribution in [0.3, 0.4) is 0 Å². The Balaban J connectivity index is 1.39. The molecule has 2 aliphatic carbocycles. The molecule has 3 aliphatic rings. The van der Waals surface area contributed by atoms with Gasteiger partial charge in [0.1, 0.15) is 6.04 Å². The highest BCUT2D eigenvalue weighted by Crippen LogP contribution is 2.54. The number of aromatic amines is 1. The molecule has 2 amide bonds. The Morgan fingerprint density at radius 1 is 1.19 bits per heavy atom. The van der Waals surface area contributed by atoms with Gasteiger partial charge in [-0.3, -0.25) is 9.59 Å². The summed E-state index contributed by atoms with van der Waals surface area (Å²) in [5.74, 6) is 0.823. The monoisotopic (exact) mass is 565 g/mol. The van der Waals surface area contributed by atoms with E-state index in [1.807, 2.05) is 36.4 Å². The summed E-state index contributed by atoms with van der Waals surface area (Å²) in [7, 11) is 5.05. The van der Waals surface area contributed by atoms with E-state index in [0.717, 1.165) is 40.8 Å². The maximum absolute atomic E-state index is 13.0. The fraction of sp³-hybridized carbons (Fsp3) is 0.419. The zero-order valence-electron chi connectivity index (χ0n) is 24.3. The van der Waals surface area contributed by atoms with Crippen LogP contribution in [0.4, 0.5) is 0 Å². The van der Waals surface area contributed by atoms with Gasteiger partial charge in [0, 0.05) is 56.6 Å². The van der Waals surface area contributed by atoms with E-state index in [1.165, 1.54) is 0 Å². The van der Waals surface area contributed by atoms with Gasteiger partial charge in [-0.15, -0.1) is 10.2 Å². The van der Waals surface area contributed by atoms with Crippen LogP contribution in [-0.2, 0) is 5.41 Å². The average Bonchev–Trinajstić information content (AvgIpc) is 3.32. The van der Waals surface area contributed by atoms with Gasteiger partial charge in [-0.25, -0.2) is 0 Å². The summed E-state index contributed by atoms with van der Waals surface area (Å²) in [5, 5.41) is 31.5. The molecule has 0 bridgehead atoms. The third-order valence-corrected chi connectivity index (χ3v) is 9.00. The van der Waals surface area contributed by atoms with Crippen molar-refractivity contribution in [3.63, 3.8) is 0 Å². The van der Waals surface area contributed by atoms with E-state index in [9.17, 15) is 14.9 Å². The standard InChI is InChI=1S/C31H35N9O2/c1-17(34-16-18(2)40-22(15-32)10-21-13-27(21)40)14-31(30-35-37-38-36-30)25-8-6-19(28(41)33-3)11-23(25)24-12-20(7-9-26(24)31)29(42)39(4)5/h6-9,11-12,17,21-22,27,34H,2,10,13-14,16H2,1,3-5H3,(H,33,41)(H,35,36,37,38)/t17-,21-,22?,27+,31?/m1/s1. The van der Waals surface area contributed by atoms with Crippen LogP contribution in [0.5, 0.6) is 0 Å². The highest BCUT2D eigenvalue weighted by atomic mass is 16.2. The topological polar surface area (TPSA) is 143 Å². The molecule has 11 heteroatoms. The number of nitrogens with zero attached hydrogens (tertiary/aromatic N) is 6. The summed E-state index contributed by atoms with van der Waals surface area (Å²) >= 11 is 0. The number of hydrogen-bond acceptors (Lipinski definition) is 8. The molecule has 1 aliphatic heterocycles. The molecule has 2 aromatic carbocycles. The Morgan fingerprint density at radius 3 is 2.50 bits per heavy atom. The molecule has 1 saturated carbocycles. The molecule has 0 spiro atoms. The number of aromatic nitrogens is 4. The zero-order valence-corrected chi connectivity index (χ0v) is 24.3. The van der Waals surface area contributed by atoms with Gasteiger partial charge in [0.25, 0.3) is 11.8 Å². The summed E-state index contributed by atoms with van der Waals surface area (Å²) in [4.78, 5) is 29.3. The van der Waals surface area contributed by atoms with Gasteiger partial charge in [-0.05, 0) is 78.6 Å². The van der Waals surface area contributed by atoms with Crippen molar-refractivity contribution < 1.29 is 9.59 Å². The number of hydrogen-bond donors (Lipinski definition) is 3. The number of amides is 2. The zero-order chi connectivity index (χ0) is 29.8. The number of piperidine rings is 1. The lowest BCUT2D eigenvalue weighted by atomic mass is 9.72. The van der Waals surface area contributed by atoms with E-state index >= 15 is 0 Å². The quantitative estimate of drug-likeness (QED) is 0.359. The van der Waals surface area contributed by atoms with Gasteiger partial charge < -0.3 is 20.4 Å². The van der Waals surface area contributed by atoms with Crippen LogP contribution in [0.2, 0.25) is 0 Å². The molecule has 6 rings (SSSR count). The van der Waals surface area contributed by atoms with Crippen molar-refractivity contribution in [2.45, 2.75) is 49.7 Å². The normalized spacial score (nSPS) is 23.8. The minimum absolute atomic E-state index is 0.0288. The molecule has 2 heterocycles. The van der Waals surface area contributed by atoms with Crippen molar-refractivity contribution in [1.82, 2.24) is 41.1 Å². The fourth-order valence-electron chi connectivity index (χ4n) is 6.94. The first-order chi connectivity index (χ1) is 20.2. The maximum atomic E-state index is 13.0. The van der Waals surface area contributed by atoms with E-state index in [4.69, 9.17) is 0 Å². The summed E-state index contributed by atoms with van der Waals surface area (Å²) in [6, 6.07) is 14.1. The Labute approximate surface area is 245 Å². The second-order valence-corrected chi connectivity index (χ2v) is 11.8. The average molecular weight is 566 g/mol. The van der Waals surface area contributed by atoms with E-state index in [0.29, 0.717) is 41.9 Å². The van der Waals surface area contributed by atoms with E-state index in [1.54, 1.807) is 26.0 Å². The molecule has 1 aromatic heterocycles. The number of likely N-dealkylation sites (tertiary alicyclic amines) is 1. The van der Waals surface area contributed by atoms with Gasteiger partial charge in [-0.1, -0.05) is 23.9 Å². The Morgan fingerprint density at radius 2 is 1.88 bits per heavy atom. The largest absolute Gasteiger partial charge is 0.355 e. The van der Waals surface area contributed by atoms with Crippen LogP contribution in [0.25, 0.3) is 11.1 Å². The van der Waals surface area contributed by atoms with Crippen LogP contribution in [0.1, 0.15) is 63.9 Å². The fourth-order valence-corrected chi connectivity index (χ4v) is 6.94. The number of carbonyl (C=O) groups excluding carboxylic acids is 2. The third kappa shape index (κ3) is 4.34. The summed E-state index contributed by atoms with van der Waals surface area (Å²) < 4.78 is 0. The number of rotatable bonds is 9. The molecule has 2 fully saturated rings. The first-order valence-electron chi connectivity index (χ1n) is 14.3. The van der Waals surface area contributed by atoms with Crippen LogP contribution in [-0.4, -0.2) is 88.1 Å². The molecule has 0 radical (unpaired) electrons. The molecular weight excluding hydrogens is 530 g/mol. The van der Waals surface area contributed by atoms with Crippen LogP contribution in [0, 0.1) is 17.2 Å². The van der Waals surface area contributed by atoms with E-state index in [-0.39, 0.29) is 23.9 Å². The van der Waals surface area contributed by atoms with Crippen molar-refractivity contribution in [1.29, 1.82) is 5.26 Å². The predicted molar refractivity (Wildman–Crippen MR) is 156 cm³/mol. The molecule has 3 N–H and O–H groups in total. The lowest BCUT2D eigenvalue weighted by Gasteiger charge is -2.33. The smallest absolute Gasteiger partial charge is 0.253 e. The highest BCUT2D eigenvalue weighted by molar-refractivity contribution is 5.99. The first-order valence-corrected chi connectivity index (χ1v) is 14.3. The van der Waals surface area contributed by atoms with Crippen molar-refractivity contribution in [2.24, 2.45) is 5.92 Å². The molecular formula is C31H35N9O2. The van der Waals surface area contributed by atoms with Crippen molar-refractivity contribution in [3.05, 3.63) is 76.8 Å². The molecule has 11 nitrogen and oxygen atoms in total. The Hall–Kier alpha value is -4.56. The van der Waals surface area contributed by atoms with Crippen LogP contribution in [0.15, 0.2) is 48.7 Å². The van der Waals surface area contributed by atoms with Gasteiger partial charge in [-0.2, -0.15) is 10.5 Å². The second kappa shape index (κ2) is 10.4. The third-order valence-electron chi connectivity index (χ3n) is 9.00. The Bertz CT molecular complexity index is 1610. The van der Waals surface area contributed by atoms with Crippen molar-refractivity contribution in [3.8, 4) is 17.2 Å². The number of carbonyl (C=O) groups is 2. The van der Waals surface area contributed by atoms with Crippen LogP contribution >= 0.6 is 0 Å². The minimum Gasteiger partial charge on any atom is -0.355 e. The molecule has 5 atom stereocenters. The molecule has 216 valence electrons. The van der Waals surface area contributed by atoms with Gasteiger partial charge in [0.2, 0.25) is 0 Å². The number of tetrazole rings is 1. The molecule has 1 saturated heterocycles. The lowest BCUT2D eigenvalue weighted by Crippen LogP contribution is -2.41. The maximum Gasteiger partial charge on any atom is 0.253 e. The second-order valence-electron chi connectivity index (χ2n) is 11.8. The SMILES string of the molecule is C=C(CN[C@H](C)CC1(c2nn[nH]n2)c2ccc(C(=O)NC)cc2-c2cc(C(=O)N(C)C)ccc21)N1C(C#N)C[C@@H]2C[C@@H]21. The summed E-state index contributed by atoms with van der Waals surface area (Å²) in [6.07, 6.45) is 2.63.